The number of nitrogens with zero attached hydrogens (tertiary/aromatic N) is 5. The number of pyridine rings is 1. The third kappa shape index (κ3) is 6.56. The average Bonchev–Trinajstić information content (AvgIpc) is 3.25. The van der Waals surface area contributed by atoms with Crippen LogP contribution in [0.15, 0.2) is 60.0 Å². The lowest BCUT2D eigenvalue weighted by Gasteiger charge is -2.08. The molecule has 0 saturated heterocycles. The molecule has 0 fully saturated rings. The number of hydrogen-bond acceptors (Lipinski definition) is 10. The van der Waals surface area contributed by atoms with Crippen LogP contribution in [0.2, 0.25) is 0 Å². The zero-order valence-corrected chi connectivity index (χ0v) is 17.6. The summed E-state index contributed by atoms with van der Waals surface area (Å²) in [5, 5.41) is 12.1. The fourth-order valence-electron chi connectivity index (χ4n) is 2.83. The van der Waals surface area contributed by atoms with E-state index in [-0.39, 0.29) is 17.8 Å². The number of ether oxygens (including phenoxy) is 2. The molecule has 10 heteroatoms. The van der Waals surface area contributed by atoms with Crippen LogP contribution in [0.5, 0.6) is 5.75 Å². The van der Waals surface area contributed by atoms with Crippen LogP contribution in [0, 0.1) is 11.3 Å². The van der Waals surface area contributed by atoms with E-state index >= 15 is 0 Å². The Bertz CT molecular complexity index is 1080. The molecule has 0 bridgehead atoms. The minimum atomic E-state index is 0.144. The molecular formula is C22H24N8O2. The van der Waals surface area contributed by atoms with Crippen molar-refractivity contribution in [1.29, 1.82) is 5.26 Å². The summed E-state index contributed by atoms with van der Waals surface area (Å²) in [6.07, 6.45) is 6.42. The number of aryl methyl sites for hydroxylation is 1. The molecule has 1 aliphatic rings. The normalized spacial score (nSPS) is 14.2. The first kappa shape index (κ1) is 22.3. The van der Waals surface area contributed by atoms with Gasteiger partial charge in [-0.2, -0.15) is 5.26 Å². The van der Waals surface area contributed by atoms with Crippen LogP contribution in [0.1, 0.15) is 17.7 Å². The molecule has 1 aromatic carbocycles. The van der Waals surface area contributed by atoms with Gasteiger partial charge in [-0.15, -0.1) is 0 Å². The van der Waals surface area contributed by atoms with E-state index in [9.17, 15) is 0 Å². The summed E-state index contributed by atoms with van der Waals surface area (Å²) in [4.78, 5) is 16.1. The number of hydrogen-bond donors (Lipinski definition) is 3. The Balaban J connectivity index is 0.000000269. The van der Waals surface area contributed by atoms with Gasteiger partial charge in [0.05, 0.1) is 19.3 Å². The zero-order chi connectivity index (χ0) is 22.8. The van der Waals surface area contributed by atoms with Crippen LogP contribution in [-0.2, 0) is 11.2 Å². The molecule has 2 aromatic heterocycles. The summed E-state index contributed by atoms with van der Waals surface area (Å²) in [6, 6.07) is 13.9. The molecule has 32 heavy (non-hydrogen) atoms. The van der Waals surface area contributed by atoms with E-state index in [0.717, 1.165) is 24.3 Å². The Morgan fingerprint density at radius 2 is 1.91 bits per heavy atom. The molecule has 0 saturated carbocycles. The summed E-state index contributed by atoms with van der Waals surface area (Å²) >= 11 is 0. The van der Waals surface area contributed by atoms with E-state index < -0.39 is 0 Å². The molecule has 1 aliphatic heterocycles. The van der Waals surface area contributed by atoms with E-state index in [1.807, 2.05) is 30.3 Å². The molecule has 3 heterocycles. The fourth-order valence-corrected chi connectivity index (χ4v) is 2.83. The van der Waals surface area contributed by atoms with E-state index in [1.54, 1.807) is 31.6 Å². The number of amidine groups is 1. The van der Waals surface area contributed by atoms with Crippen molar-refractivity contribution < 1.29 is 9.47 Å². The number of nitrogen functional groups attached to an aromatic ring is 1. The van der Waals surface area contributed by atoms with Crippen molar-refractivity contribution >= 4 is 23.3 Å². The lowest BCUT2D eigenvalue weighted by atomic mass is 10.1. The largest absolute Gasteiger partial charge is 0.495 e. The maximum Gasteiger partial charge on any atom is 0.282 e. The van der Waals surface area contributed by atoms with Crippen LogP contribution in [0.4, 0.5) is 17.3 Å². The summed E-state index contributed by atoms with van der Waals surface area (Å²) in [6.45, 7) is 0.565. The summed E-state index contributed by atoms with van der Waals surface area (Å²) in [5.74, 6) is 1.69. The van der Waals surface area contributed by atoms with E-state index in [0.29, 0.717) is 18.2 Å². The minimum absolute atomic E-state index is 0.144. The van der Waals surface area contributed by atoms with E-state index in [1.165, 1.54) is 11.8 Å². The van der Waals surface area contributed by atoms with Crippen molar-refractivity contribution in [2.45, 2.75) is 18.9 Å². The highest BCUT2D eigenvalue weighted by atomic mass is 16.5. The minimum Gasteiger partial charge on any atom is -0.495 e. The number of nitriles is 1. The quantitative estimate of drug-likeness (QED) is 0.532. The van der Waals surface area contributed by atoms with Gasteiger partial charge in [-0.3, -0.25) is 0 Å². The second kappa shape index (κ2) is 11.1. The summed E-state index contributed by atoms with van der Waals surface area (Å²) in [5.41, 5.74) is 13.1. The first-order valence-electron chi connectivity index (χ1n) is 9.86. The predicted molar refractivity (Wildman–Crippen MR) is 121 cm³/mol. The highest BCUT2D eigenvalue weighted by Crippen LogP contribution is 2.18. The predicted octanol–water partition coefficient (Wildman–Crippen LogP) is 2.41. The van der Waals surface area contributed by atoms with Gasteiger partial charge >= 0.3 is 0 Å². The standard InChI is InChI=1S/C16H16N6O.C6H8N2O/c17-9-14-15(20-8-7-19-14)21-12-4-1-11(2-5-12)3-6-13-10-23-16(18)22-13;1-9-5-2-3-6(7)8-4-5/h1-2,4-5,7-8,13H,3,6,10H2,(H2,18,22)(H,20,21);2-4H,1H3,(H2,7,8)/t13-;/m0./s1. The Morgan fingerprint density at radius 1 is 1.12 bits per heavy atom. The Labute approximate surface area is 186 Å². The molecule has 0 radical (unpaired) electrons. The maximum atomic E-state index is 9.01. The number of anilines is 3. The van der Waals surface area contributed by atoms with Gasteiger partial charge in [-0.25, -0.2) is 19.9 Å². The van der Waals surface area contributed by atoms with Gasteiger partial charge < -0.3 is 26.3 Å². The number of benzene rings is 1. The van der Waals surface area contributed by atoms with Crippen molar-refractivity contribution in [3.05, 3.63) is 66.2 Å². The third-order valence-corrected chi connectivity index (χ3v) is 4.52. The molecule has 0 spiro atoms. The maximum absolute atomic E-state index is 9.01. The van der Waals surface area contributed by atoms with Gasteiger partial charge in [0.25, 0.3) is 6.02 Å². The van der Waals surface area contributed by atoms with Crippen molar-refractivity contribution in [1.82, 2.24) is 15.0 Å². The molecule has 4 rings (SSSR count). The van der Waals surface area contributed by atoms with Gasteiger partial charge in [0, 0.05) is 18.1 Å². The SMILES string of the molecule is COc1ccc(N)nc1.N#Cc1nccnc1Nc1ccc(CC[C@H]2COC(N)=N2)cc1. The van der Waals surface area contributed by atoms with Gasteiger partial charge in [0.2, 0.25) is 0 Å². The number of rotatable bonds is 6. The van der Waals surface area contributed by atoms with Crippen LogP contribution in [-0.4, -0.2) is 40.7 Å². The van der Waals surface area contributed by atoms with E-state index in [2.05, 4.69) is 25.3 Å². The lowest BCUT2D eigenvalue weighted by molar-refractivity contribution is 0.308. The molecular weight excluding hydrogens is 408 g/mol. The van der Waals surface area contributed by atoms with Crippen LogP contribution in [0.3, 0.4) is 0 Å². The summed E-state index contributed by atoms with van der Waals surface area (Å²) < 4.78 is 9.99. The molecule has 5 N–H and O–H groups in total. The van der Waals surface area contributed by atoms with Crippen LogP contribution >= 0.6 is 0 Å². The number of nitrogens with one attached hydrogen (secondary N) is 1. The molecule has 164 valence electrons. The monoisotopic (exact) mass is 432 g/mol. The average molecular weight is 432 g/mol. The molecule has 0 aliphatic carbocycles. The number of aromatic nitrogens is 3. The second-order valence-electron chi connectivity index (χ2n) is 6.78. The first-order valence-corrected chi connectivity index (χ1v) is 9.86. The smallest absolute Gasteiger partial charge is 0.282 e. The van der Waals surface area contributed by atoms with Gasteiger partial charge in [-0.1, -0.05) is 12.1 Å². The number of aliphatic imine (C=N–C) groups is 1. The number of methoxy groups -OCH3 is 1. The third-order valence-electron chi connectivity index (χ3n) is 4.52. The van der Waals surface area contributed by atoms with Crippen molar-refractivity contribution in [2.75, 3.05) is 24.8 Å². The molecule has 3 aromatic rings. The molecule has 0 unspecified atom stereocenters. The topological polar surface area (TPSA) is 157 Å². The highest BCUT2D eigenvalue weighted by molar-refractivity contribution is 5.73. The lowest BCUT2D eigenvalue weighted by Crippen LogP contribution is -2.10. The molecule has 0 amide bonds. The van der Waals surface area contributed by atoms with Crippen molar-refractivity contribution in [2.24, 2.45) is 10.7 Å². The first-order chi connectivity index (χ1) is 15.6. The van der Waals surface area contributed by atoms with Crippen molar-refractivity contribution in [3.63, 3.8) is 0 Å². The van der Waals surface area contributed by atoms with Crippen LogP contribution in [0.25, 0.3) is 0 Å². The molecule has 10 nitrogen and oxygen atoms in total. The van der Waals surface area contributed by atoms with Gasteiger partial charge in [-0.05, 0) is 42.7 Å². The number of nitrogens with two attached hydrogens (primary N) is 2. The van der Waals surface area contributed by atoms with Crippen molar-refractivity contribution in [3.8, 4) is 11.8 Å². The Kier molecular flexibility index (Phi) is 7.75. The highest BCUT2D eigenvalue weighted by Gasteiger charge is 2.16. The van der Waals surface area contributed by atoms with Crippen LogP contribution < -0.4 is 21.5 Å². The molecule has 1 atom stereocenters. The van der Waals surface area contributed by atoms with Gasteiger partial charge in [0.15, 0.2) is 11.5 Å². The zero-order valence-electron chi connectivity index (χ0n) is 17.6. The second-order valence-corrected chi connectivity index (χ2v) is 6.78. The van der Waals surface area contributed by atoms with E-state index in [4.69, 9.17) is 26.2 Å². The van der Waals surface area contributed by atoms with Gasteiger partial charge in [0.1, 0.15) is 24.2 Å². The fraction of sp³-hybridized carbons (Fsp3) is 0.227. The Hall–Kier alpha value is -4.39. The Morgan fingerprint density at radius 3 is 2.53 bits per heavy atom. The summed E-state index contributed by atoms with van der Waals surface area (Å²) in [7, 11) is 1.59.